The molecule has 0 spiro atoms. The minimum atomic E-state index is -0.292. The smallest absolute Gasteiger partial charge is 0.274 e. The van der Waals surface area contributed by atoms with Crippen LogP contribution in [0.15, 0.2) is 24.4 Å². The Kier molecular flexibility index (Phi) is 3.91. The minimum absolute atomic E-state index is 0.0342. The van der Waals surface area contributed by atoms with Crippen molar-refractivity contribution in [2.75, 3.05) is 31.1 Å². The van der Waals surface area contributed by atoms with Crippen LogP contribution in [0, 0.1) is 12.7 Å². The Morgan fingerprint density at radius 2 is 2.00 bits per heavy atom. The maximum Gasteiger partial charge on any atom is 0.274 e. The first kappa shape index (κ1) is 16.0. The van der Waals surface area contributed by atoms with Gasteiger partial charge in [0.15, 0.2) is 10.8 Å². The second-order valence-electron chi connectivity index (χ2n) is 6.20. The Morgan fingerprint density at radius 3 is 2.64 bits per heavy atom. The fraction of sp³-hybridized carbons (Fsp3) is 0.353. The molecule has 0 atom stereocenters. The summed E-state index contributed by atoms with van der Waals surface area (Å²) in [4.78, 5) is 21.0. The number of hydrogen-bond acceptors (Lipinski definition) is 5. The number of rotatable bonds is 2. The fourth-order valence-corrected chi connectivity index (χ4v) is 4.14. The molecular formula is C17H18FN5OS. The van der Waals surface area contributed by atoms with Gasteiger partial charge < -0.3 is 9.80 Å². The van der Waals surface area contributed by atoms with Gasteiger partial charge in [0, 0.05) is 45.0 Å². The van der Waals surface area contributed by atoms with E-state index >= 15 is 0 Å². The molecule has 0 N–H and O–H groups in total. The van der Waals surface area contributed by atoms with Crippen LogP contribution in [0.1, 0.15) is 16.1 Å². The molecule has 8 heteroatoms. The Hall–Kier alpha value is -2.48. The number of carbonyl (C=O) groups is 1. The van der Waals surface area contributed by atoms with Crippen molar-refractivity contribution in [1.29, 1.82) is 0 Å². The van der Waals surface area contributed by atoms with Gasteiger partial charge in [0.25, 0.3) is 5.91 Å². The van der Waals surface area contributed by atoms with Crippen molar-refractivity contribution < 1.29 is 9.18 Å². The molecule has 1 aromatic carbocycles. The highest BCUT2D eigenvalue weighted by Gasteiger charge is 2.26. The number of aryl methyl sites for hydroxylation is 2. The molecule has 0 unspecified atom stereocenters. The maximum atomic E-state index is 13.8. The molecule has 3 aromatic rings. The molecule has 4 rings (SSSR count). The number of anilines is 1. The van der Waals surface area contributed by atoms with Crippen molar-refractivity contribution >= 4 is 32.6 Å². The number of benzene rings is 1. The lowest BCUT2D eigenvalue weighted by Crippen LogP contribution is -2.49. The molecule has 6 nitrogen and oxygen atoms in total. The lowest BCUT2D eigenvalue weighted by Gasteiger charge is -2.34. The van der Waals surface area contributed by atoms with Gasteiger partial charge in [-0.1, -0.05) is 17.4 Å². The number of thiazole rings is 1. The van der Waals surface area contributed by atoms with Crippen LogP contribution in [-0.4, -0.2) is 51.8 Å². The van der Waals surface area contributed by atoms with E-state index in [1.165, 1.54) is 17.4 Å². The molecule has 1 aliphatic heterocycles. The van der Waals surface area contributed by atoms with Crippen LogP contribution in [-0.2, 0) is 7.05 Å². The third-order valence-electron chi connectivity index (χ3n) is 4.41. The summed E-state index contributed by atoms with van der Waals surface area (Å²) in [6, 6.07) is 5.01. The van der Waals surface area contributed by atoms with Crippen molar-refractivity contribution in [2.45, 2.75) is 6.92 Å². The van der Waals surface area contributed by atoms with Crippen LogP contribution in [0.5, 0.6) is 0 Å². The summed E-state index contributed by atoms with van der Waals surface area (Å²) >= 11 is 1.49. The molecule has 3 heterocycles. The van der Waals surface area contributed by atoms with Gasteiger partial charge in [0.05, 0.1) is 4.70 Å². The summed E-state index contributed by atoms with van der Waals surface area (Å²) < 4.78 is 16.3. The first-order valence-corrected chi connectivity index (χ1v) is 8.94. The van der Waals surface area contributed by atoms with Crippen molar-refractivity contribution in [3.05, 3.63) is 41.5 Å². The highest BCUT2D eigenvalue weighted by atomic mass is 32.1. The van der Waals surface area contributed by atoms with Gasteiger partial charge in [0.2, 0.25) is 0 Å². The Bertz CT molecular complexity index is 942. The van der Waals surface area contributed by atoms with Gasteiger partial charge >= 0.3 is 0 Å². The third kappa shape index (κ3) is 2.86. The number of nitrogens with zero attached hydrogens (tertiary/aromatic N) is 5. The monoisotopic (exact) mass is 359 g/mol. The summed E-state index contributed by atoms with van der Waals surface area (Å²) in [7, 11) is 1.81. The zero-order chi connectivity index (χ0) is 17.6. The van der Waals surface area contributed by atoms with Crippen LogP contribution in [0.3, 0.4) is 0 Å². The predicted octanol–water partition coefficient (Wildman–Crippen LogP) is 2.44. The summed E-state index contributed by atoms with van der Waals surface area (Å²) in [5.74, 6) is -0.326. The van der Waals surface area contributed by atoms with E-state index in [-0.39, 0.29) is 11.7 Å². The Labute approximate surface area is 148 Å². The van der Waals surface area contributed by atoms with Crippen LogP contribution in [0.2, 0.25) is 0 Å². The van der Waals surface area contributed by atoms with E-state index in [1.807, 2.05) is 31.1 Å². The Balaban J connectivity index is 1.48. The van der Waals surface area contributed by atoms with E-state index in [9.17, 15) is 9.18 Å². The number of carbonyl (C=O) groups excluding carboxylic acids is 1. The van der Waals surface area contributed by atoms with E-state index in [1.54, 1.807) is 10.7 Å². The van der Waals surface area contributed by atoms with Gasteiger partial charge in [0.1, 0.15) is 11.3 Å². The number of fused-ring (bicyclic) bond motifs is 1. The van der Waals surface area contributed by atoms with Crippen molar-refractivity contribution in [2.24, 2.45) is 7.05 Å². The number of piperazine rings is 1. The average molecular weight is 359 g/mol. The minimum Gasteiger partial charge on any atom is -0.345 e. The molecule has 0 bridgehead atoms. The van der Waals surface area contributed by atoms with Gasteiger partial charge in [-0.3, -0.25) is 9.48 Å². The predicted molar refractivity (Wildman–Crippen MR) is 95.6 cm³/mol. The van der Waals surface area contributed by atoms with E-state index in [4.69, 9.17) is 0 Å². The van der Waals surface area contributed by atoms with Gasteiger partial charge in [-0.2, -0.15) is 5.10 Å². The van der Waals surface area contributed by atoms with Gasteiger partial charge in [-0.25, -0.2) is 9.37 Å². The lowest BCUT2D eigenvalue weighted by atomic mass is 10.2. The highest BCUT2D eigenvalue weighted by molar-refractivity contribution is 7.22. The second kappa shape index (κ2) is 6.11. The van der Waals surface area contributed by atoms with Crippen LogP contribution >= 0.6 is 11.3 Å². The molecule has 1 amide bonds. The number of amides is 1. The topological polar surface area (TPSA) is 54.3 Å². The van der Waals surface area contributed by atoms with Crippen molar-refractivity contribution in [3.63, 3.8) is 0 Å². The lowest BCUT2D eigenvalue weighted by molar-refractivity contribution is 0.0739. The number of halogens is 1. The number of para-hydroxylation sites is 1. The van der Waals surface area contributed by atoms with E-state index < -0.39 is 0 Å². The van der Waals surface area contributed by atoms with E-state index in [2.05, 4.69) is 15.0 Å². The molecule has 1 aliphatic rings. The molecular weight excluding hydrogens is 341 g/mol. The summed E-state index contributed by atoms with van der Waals surface area (Å²) in [6.45, 7) is 4.46. The zero-order valence-electron chi connectivity index (χ0n) is 14.1. The van der Waals surface area contributed by atoms with E-state index in [0.717, 1.165) is 15.4 Å². The summed E-state index contributed by atoms with van der Waals surface area (Å²) in [5.41, 5.74) is 1.82. The van der Waals surface area contributed by atoms with Crippen molar-refractivity contribution in [1.82, 2.24) is 19.7 Å². The average Bonchev–Trinajstić information content (AvgIpc) is 3.18. The standard InChI is InChI=1S/C17H18FN5OS/c1-11-10-21(2)20-14(11)16(24)22-6-8-23(9-7-22)17-19-15-12(18)4-3-5-13(15)25-17/h3-5,10H,6-9H2,1-2H3. The molecule has 1 saturated heterocycles. The molecule has 2 aromatic heterocycles. The third-order valence-corrected chi connectivity index (χ3v) is 5.49. The number of aromatic nitrogens is 3. The van der Waals surface area contributed by atoms with Gasteiger partial charge in [-0.05, 0) is 19.1 Å². The highest BCUT2D eigenvalue weighted by Crippen LogP contribution is 2.30. The first-order valence-electron chi connectivity index (χ1n) is 8.12. The van der Waals surface area contributed by atoms with Crippen LogP contribution in [0.25, 0.3) is 10.2 Å². The molecule has 0 saturated carbocycles. The fourth-order valence-electron chi connectivity index (χ4n) is 3.11. The molecule has 130 valence electrons. The zero-order valence-corrected chi connectivity index (χ0v) is 14.9. The SMILES string of the molecule is Cc1cn(C)nc1C(=O)N1CCN(c2nc3c(F)cccc3s2)CC1. The van der Waals surface area contributed by atoms with Crippen LogP contribution in [0.4, 0.5) is 9.52 Å². The molecule has 25 heavy (non-hydrogen) atoms. The Morgan fingerprint density at radius 1 is 1.24 bits per heavy atom. The maximum absolute atomic E-state index is 13.8. The number of hydrogen-bond donors (Lipinski definition) is 0. The summed E-state index contributed by atoms with van der Waals surface area (Å²) in [6.07, 6.45) is 1.85. The van der Waals surface area contributed by atoms with E-state index in [0.29, 0.717) is 37.4 Å². The quantitative estimate of drug-likeness (QED) is 0.705. The molecule has 0 radical (unpaired) electrons. The largest absolute Gasteiger partial charge is 0.345 e. The van der Waals surface area contributed by atoms with Crippen LogP contribution < -0.4 is 4.90 Å². The van der Waals surface area contributed by atoms with Crippen molar-refractivity contribution in [3.8, 4) is 0 Å². The normalized spacial score (nSPS) is 15.2. The van der Waals surface area contributed by atoms with Gasteiger partial charge in [-0.15, -0.1) is 0 Å². The molecule has 1 fully saturated rings. The molecule has 0 aliphatic carbocycles. The second-order valence-corrected chi connectivity index (χ2v) is 7.21. The summed E-state index contributed by atoms with van der Waals surface area (Å²) in [5, 5.41) is 5.07. The first-order chi connectivity index (χ1) is 12.0.